The van der Waals surface area contributed by atoms with E-state index in [0.717, 1.165) is 23.2 Å². The number of carbonyl (C=O) groups is 1. The van der Waals surface area contributed by atoms with Crippen LogP contribution in [-0.2, 0) is 4.79 Å². The zero-order chi connectivity index (χ0) is 24.9. The van der Waals surface area contributed by atoms with Crippen molar-refractivity contribution in [1.29, 1.82) is 0 Å². The number of ether oxygens (including phenoxy) is 3. The molecule has 35 heavy (non-hydrogen) atoms. The highest BCUT2D eigenvalue weighted by Gasteiger charge is 2.15. The van der Waals surface area contributed by atoms with Crippen LogP contribution in [0.25, 0.3) is 16.0 Å². The predicted octanol–water partition coefficient (Wildman–Crippen LogP) is 4.65. The van der Waals surface area contributed by atoms with Gasteiger partial charge in [0.2, 0.25) is 5.91 Å². The van der Waals surface area contributed by atoms with Crippen LogP contribution in [0.4, 0.5) is 5.69 Å². The van der Waals surface area contributed by atoms with Gasteiger partial charge >= 0.3 is 0 Å². The average molecular weight is 531 g/mol. The van der Waals surface area contributed by atoms with Crippen LogP contribution < -0.4 is 25.1 Å². The van der Waals surface area contributed by atoms with Crippen LogP contribution in [0, 0.1) is 3.95 Å². The van der Waals surface area contributed by atoms with Crippen LogP contribution in [0.15, 0.2) is 52.4 Å². The number of H-pyrrole nitrogens is 1. The summed E-state index contributed by atoms with van der Waals surface area (Å²) in [6.45, 7) is 2.48. The number of aromatic amines is 1. The Labute approximate surface area is 214 Å². The summed E-state index contributed by atoms with van der Waals surface area (Å²) < 4.78 is 18.6. The molecule has 4 aromatic rings. The van der Waals surface area contributed by atoms with Crippen molar-refractivity contribution in [3.63, 3.8) is 0 Å². The molecular formula is C23H22N4O5S3. The van der Waals surface area contributed by atoms with Gasteiger partial charge in [-0.2, -0.15) is 0 Å². The fraction of sp³-hybridized carbons (Fsp3) is 0.217. The number of thiazole rings is 1. The number of benzene rings is 2. The maximum atomic E-state index is 12.7. The molecule has 0 radical (unpaired) electrons. The Morgan fingerprint density at radius 2 is 1.91 bits per heavy atom. The second kappa shape index (κ2) is 10.9. The largest absolute Gasteiger partial charge is 0.497 e. The lowest BCUT2D eigenvalue weighted by atomic mass is 10.2. The van der Waals surface area contributed by atoms with Crippen molar-refractivity contribution in [3.8, 4) is 22.9 Å². The molecule has 0 spiro atoms. The molecule has 2 aromatic carbocycles. The van der Waals surface area contributed by atoms with E-state index >= 15 is 0 Å². The van der Waals surface area contributed by atoms with Crippen LogP contribution >= 0.6 is 35.3 Å². The number of amides is 1. The highest BCUT2D eigenvalue weighted by atomic mass is 32.2. The first-order valence-electron chi connectivity index (χ1n) is 10.5. The van der Waals surface area contributed by atoms with Crippen molar-refractivity contribution < 1.29 is 19.0 Å². The summed E-state index contributed by atoms with van der Waals surface area (Å²) in [5, 5.41) is 3.11. The zero-order valence-electron chi connectivity index (χ0n) is 19.1. The van der Waals surface area contributed by atoms with Gasteiger partial charge in [0.25, 0.3) is 5.56 Å². The van der Waals surface area contributed by atoms with Gasteiger partial charge in [0.15, 0.2) is 14.8 Å². The second-order valence-corrected chi connectivity index (χ2v) is 9.67. The number of hydrogen-bond donors (Lipinski definition) is 2. The minimum Gasteiger partial charge on any atom is -0.497 e. The van der Waals surface area contributed by atoms with E-state index in [9.17, 15) is 9.59 Å². The molecule has 9 nitrogen and oxygen atoms in total. The van der Waals surface area contributed by atoms with Crippen LogP contribution in [-0.4, -0.2) is 47.0 Å². The van der Waals surface area contributed by atoms with Gasteiger partial charge in [-0.25, -0.2) is 4.98 Å². The molecular weight excluding hydrogens is 508 g/mol. The number of nitrogens with zero attached hydrogens (tertiary/aromatic N) is 2. The van der Waals surface area contributed by atoms with Gasteiger partial charge in [-0.1, -0.05) is 23.1 Å². The summed E-state index contributed by atoms with van der Waals surface area (Å²) in [6, 6.07) is 12.5. The van der Waals surface area contributed by atoms with Crippen molar-refractivity contribution in [3.05, 3.63) is 56.8 Å². The standard InChI is InChI=1S/C23H22N4O5S3/c1-4-32-14-7-5-13(6-8-14)27-20-19(35-23(27)33)21(29)26-22(25-20)34-12-18(28)24-16-10-9-15(30-2)11-17(16)31-3/h5-11H,4,12H2,1-3H3,(H,24,28)(H,25,26,29). The number of nitrogens with one attached hydrogen (secondary N) is 2. The van der Waals surface area contributed by atoms with Gasteiger partial charge < -0.3 is 24.5 Å². The van der Waals surface area contributed by atoms with Crippen molar-refractivity contribution in [2.45, 2.75) is 12.1 Å². The highest BCUT2D eigenvalue weighted by molar-refractivity contribution is 7.99. The zero-order valence-corrected chi connectivity index (χ0v) is 21.6. The van der Waals surface area contributed by atoms with Crippen LogP contribution in [0.2, 0.25) is 0 Å². The normalized spacial score (nSPS) is 10.8. The summed E-state index contributed by atoms with van der Waals surface area (Å²) in [6.07, 6.45) is 0. The van der Waals surface area contributed by atoms with Crippen LogP contribution in [0.5, 0.6) is 17.2 Å². The quantitative estimate of drug-likeness (QED) is 0.183. The van der Waals surface area contributed by atoms with E-state index in [4.69, 9.17) is 26.4 Å². The predicted molar refractivity (Wildman–Crippen MR) is 140 cm³/mol. The Morgan fingerprint density at radius 3 is 2.60 bits per heavy atom. The number of anilines is 1. The second-order valence-electron chi connectivity index (χ2n) is 7.06. The number of hydrogen-bond acceptors (Lipinski definition) is 9. The van der Waals surface area contributed by atoms with Gasteiger partial charge in [0.1, 0.15) is 21.9 Å². The average Bonchev–Trinajstić information content (AvgIpc) is 3.20. The number of methoxy groups -OCH3 is 2. The molecule has 0 unspecified atom stereocenters. The fourth-order valence-electron chi connectivity index (χ4n) is 3.27. The molecule has 0 aliphatic carbocycles. The number of aromatic nitrogens is 3. The third-order valence-electron chi connectivity index (χ3n) is 4.85. The van der Waals surface area contributed by atoms with E-state index in [1.54, 1.807) is 29.9 Å². The summed E-state index contributed by atoms with van der Waals surface area (Å²) in [7, 11) is 3.06. The Hall–Kier alpha value is -3.35. The highest BCUT2D eigenvalue weighted by Crippen LogP contribution is 2.30. The maximum absolute atomic E-state index is 12.7. The molecule has 2 N–H and O–H groups in total. The first-order valence-corrected chi connectivity index (χ1v) is 12.7. The van der Waals surface area contributed by atoms with E-state index in [0.29, 0.717) is 43.3 Å². The Balaban J connectivity index is 1.55. The molecule has 0 fully saturated rings. The summed E-state index contributed by atoms with van der Waals surface area (Å²) in [4.78, 5) is 32.6. The van der Waals surface area contributed by atoms with Gasteiger partial charge in [0.05, 0.1) is 32.3 Å². The SMILES string of the molecule is CCOc1ccc(-n2c(=S)sc3c(=O)[nH]c(SCC(=O)Nc4ccc(OC)cc4OC)nc32)cc1. The van der Waals surface area contributed by atoms with Crippen LogP contribution in [0.3, 0.4) is 0 Å². The van der Waals surface area contributed by atoms with E-state index in [1.807, 2.05) is 31.2 Å². The van der Waals surface area contributed by atoms with Gasteiger partial charge in [-0.3, -0.25) is 14.2 Å². The molecule has 0 aliphatic rings. The Bertz CT molecular complexity index is 1480. The minimum atomic E-state index is -0.310. The lowest BCUT2D eigenvalue weighted by Crippen LogP contribution is -2.16. The molecule has 4 rings (SSSR count). The van der Waals surface area contributed by atoms with E-state index < -0.39 is 0 Å². The van der Waals surface area contributed by atoms with Crippen molar-refractivity contribution >= 4 is 57.3 Å². The van der Waals surface area contributed by atoms with E-state index in [1.165, 1.54) is 18.4 Å². The van der Waals surface area contributed by atoms with Crippen molar-refractivity contribution in [2.24, 2.45) is 0 Å². The van der Waals surface area contributed by atoms with Gasteiger partial charge in [-0.05, 0) is 55.5 Å². The Kier molecular flexibility index (Phi) is 7.73. The Morgan fingerprint density at radius 1 is 1.17 bits per heavy atom. The molecule has 12 heteroatoms. The fourth-order valence-corrected chi connectivity index (χ4v) is 5.20. The molecule has 0 bridgehead atoms. The van der Waals surface area contributed by atoms with Crippen LogP contribution in [0.1, 0.15) is 6.92 Å². The third kappa shape index (κ3) is 5.50. The van der Waals surface area contributed by atoms with E-state index in [-0.39, 0.29) is 17.2 Å². The first kappa shape index (κ1) is 24.8. The minimum absolute atomic E-state index is 0.0254. The molecule has 0 atom stereocenters. The molecule has 0 saturated heterocycles. The number of fused-ring (bicyclic) bond motifs is 1. The van der Waals surface area contributed by atoms with Crippen molar-refractivity contribution in [2.75, 3.05) is 31.9 Å². The topological polar surface area (TPSA) is 107 Å². The number of thioether (sulfide) groups is 1. The maximum Gasteiger partial charge on any atom is 0.271 e. The summed E-state index contributed by atoms with van der Waals surface area (Å²) in [5.74, 6) is 1.57. The van der Waals surface area contributed by atoms with Gasteiger partial charge in [-0.15, -0.1) is 0 Å². The lowest BCUT2D eigenvalue weighted by molar-refractivity contribution is -0.113. The molecule has 2 heterocycles. The lowest BCUT2D eigenvalue weighted by Gasteiger charge is -2.11. The van der Waals surface area contributed by atoms with E-state index in [2.05, 4.69) is 15.3 Å². The van der Waals surface area contributed by atoms with Gasteiger partial charge in [0, 0.05) is 11.8 Å². The number of rotatable bonds is 9. The molecule has 182 valence electrons. The number of carbonyl (C=O) groups excluding carboxylic acids is 1. The molecule has 1 amide bonds. The summed E-state index contributed by atoms with van der Waals surface area (Å²) >= 11 is 7.81. The van der Waals surface area contributed by atoms with Crippen molar-refractivity contribution in [1.82, 2.24) is 14.5 Å². The first-order chi connectivity index (χ1) is 16.9. The molecule has 0 aliphatic heterocycles. The third-order valence-corrected chi connectivity index (χ3v) is 7.08. The summed E-state index contributed by atoms with van der Waals surface area (Å²) in [5.41, 5.74) is 1.41. The monoisotopic (exact) mass is 530 g/mol. The molecule has 0 saturated carbocycles. The molecule has 2 aromatic heterocycles. The smallest absolute Gasteiger partial charge is 0.271 e.